The lowest BCUT2D eigenvalue weighted by molar-refractivity contribution is -0.138. The zero-order valence-corrected chi connectivity index (χ0v) is 9.16. The maximum absolute atomic E-state index is 13.7. The predicted octanol–water partition coefficient (Wildman–Crippen LogP) is 1.10. The van der Waals surface area contributed by atoms with Crippen LogP contribution in [0.2, 0.25) is 0 Å². The number of rotatable bonds is 4. The van der Waals surface area contributed by atoms with Crippen LogP contribution < -0.4 is 10.5 Å². The lowest BCUT2D eigenvalue weighted by Gasteiger charge is -2.13. The molecule has 0 spiro atoms. The molecule has 1 unspecified atom stereocenters. The van der Waals surface area contributed by atoms with Crippen molar-refractivity contribution in [3.63, 3.8) is 0 Å². The third-order valence-electron chi connectivity index (χ3n) is 2.35. The Bertz CT molecular complexity index is 406. The number of aliphatic carboxylic acids is 1. The van der Waals surface area contributed by atoms with Crippen LogP contribution in [0.3, 0.4) is 0 Å². The first-order chi connectivity index (χ1) is 7.47. The lowest BCUT2D eigenvalue weighted by Crippen LogP contribution is -2.32. The zero-order valence-electron chi connectivity index (χ0n) is 9.16. The highest BCUT2D eigenvalue weighted by atomic mass is 19.1. The first-order valence-electron chi connectivity index (χ1n) is 4.77. The van der Waals surface area contributed by atoms with Crippen LogP contribution in [-0.4, -0.2) is 24.2 Å². The number of carboxylic acids is 1. The minimum Gasteiger partial charge on any atom is -0.496 e. The van der Waals surface area contributed by atoms with E-state index < -0.39 is 17.8 Å². The van der Waals surface area contributed by atoms with Crippen molar-refractivity contribution in [2.45, 2.75) is 19.4 Å². The van der Waals surface area contributed by atoms with E-state index in [0.29, 0.717) is 11.3 Å². The molecule has 0 bridgehead atoms. The van der Waals surface area contributed by atoms with Crippen molar-refractivity contribution in [3.8, 4) is 5.75 Å². The van der Waals surface area contributed by atoms with Crippen molar-refractivity contribution in [1.29, 1.82) is 0 Å². The standard InChI is InChI=1S/C11H14FNO3/c1-6-3-4-9(16-2)7(10(6)12)5-8(13)11(14)15/h3-4,8H,5,13H2,1-2H3,(H,14,15). The van der Waals surface area contributed by atoms with E-state index in [2.05, 4.69) is 0 Å². The van der Waals surface area contributed by atoms with Gasteiger partial charge < -0.3 is 15.6 Å². The molecule has 0 saturated heterocycles. The van der Waals surface area contributed by atoms with Crippen molar-refractivity contribution in [2.75, 3.05) is 7.11 Å². The molecule has 1 aromatic rings. The topological polar surface area (TPSA) is 72.5 Å². The van der Waals surface area contributed by atoms with Gasteiger partial charge in [0, 0.05) is 12.0 Å². The van der Waals surface area contributed by atoms with E-state index in [9.17, 15) is 9.18 Å². The summed E-state index contributed by atoms with van der Waals surface area (Å²) in [4.78, 5) is 10.6. The average Bonchev–Trinajstić information content (AvgIpc) is 2.25. The summed E-state index contributed by atoms with van der Waals surface area (Å²) in [5.74, 6) is -1.31. The molecule has 4 nitrogen and oxygen atoms in total. The largest absolute Gasteiger partial charge is 0.496 e. The third-order valence-corrected chi connectivity index (χ3v) is 2.35. The van der Waals surface area contributed by atoms with Gasteiger partial charge in [-0.25, -0.2) is 4.39 Å². The summed E-state index contributed by atoms with van der Waals surface area (Å²) < 4.78 is 18.7. The Balaban J connectivity index is 3.10. The molecule has 0 amide bonds. The number of ether oxygens (including phenoxy) is 1. The third kappa shape index (κ3) is 2.49. The van der Waals surface area contributed by atoms with Gasteiger partial charge in [-0.15, -0.1) is 0 Å². The van der Waals surface area contributed by atoms with Crippen LogP contribution in [0.4, 0.5) is 4.39 Å². The van der Waals surface area contributed by atoms with Gasteiger partial charge in [0.2, 0.25) is 0 Å². The smallest absolute Gasteiger partial charge is 0.320 e. The molecule has 16 heavy (non-hydrogen) atoms. The Kier molecular flexibility index (Phi) is 3.84. The number of hydrogen-bond donors (Lipinski definition) is 2. The summed E-state index contributed by atoms with van der Waals surface area (Å²) in [5.41, 5.74) is 6.01. The highest BCUT2D eigenvalue weighted by molar-refractivity contribution is 5.73. The normalized spacial score (nSPS) is 12.2. The van der Waals surface area contributed by atoms with Gasteiger partial charge in [-0.3, -0.25) is 4.79 Å². The minimum absolute atomic E-state index is 0.0912. The van der Waals surface area contributed by atoms with Gasteiger partial charge in [0.15, 0.2) is 0 Å². The van der Waals surface area contributed by atoms with Crippen LogP contribution in [0.25, 0.3) is 0 Å². The maximum atomic E-state index is 13.7. The van der Waals surface area contributed by atoms with E-state index in [1.807, 2.05) is 0 Å². The van der Waals surface area contributed by atoms with Crippen LogP contribution in [0.5, 0.6) is 5.75 Å². The first kappa shape index (κ1) is 12.4. The van der Waals surface area contributed by atoms with Gasteiger partial charge in [-0.05, 0) is 18.6 Å². The second-order valence-corrected chi connectivity index (χ2v) is 3.53. The van der Waals surface area contributed by atoms with Crippen LogP contribution in [0.1, 0.15) is 11.1 Å². The second-order valence-electron chi connectivity index (χ2n) is 3.53. The molecule has 1 aromatic carbocycles. The van der Waals surface area contributed by atoms with E-state index in [-0.39, 0.29) is 12.0 Å². The van der Waals surface area contributed by atoms with Crippen molar-refractivity contribution in [1.82, 2.24) is 0 Å². The molecule has 88 valence electrons. The Morgan fingerprint density at radius 2 is 2.25 bits per heavy atom. The van der Waals surface area contributed by atoms with Gasteiger partial charge in [0.25, 0.3) is 0 Å². The molecule has 3 N–H and O–H groups in total. The molecule has 0 fully saturated rings. The summed E-state index contributed by atoms with van der Waals surface area (Å²) in [6.07, 6.45) is -0.0912. The molecule has 0 heterocycles. The lowest BCUT2D eigenvalue weighted by atomic mass is 10.0. The first-order valence-corrected chi connectivity index (χ1v) is 4.77. The quantitative estimate of drug-likeness (QED) is 0.807. The molecular formula is C11H14FNO3. The molecule has 0 saturated carbocycles. The van der Waals surface area contributed by atoms with Crippen LogP contribution in [-0.2, 0) is 11.2 Å². The van der Waals surface area contributed by atoms with Gasteiger partial charge in [-0.2, -0.15) is 0 Å². The van der Waals surface area contributed by atoms with Gasteiger partial charge in [-0.1, -0.05) is 6.07 Å². The fourth-order valence-electron chi connectivity index (χ4n) is 1.41. The molecular weight excluding hydrogens is 213 g/mol. The van der Waals surface area contributed by atoms with Crippen molar-refractivity contribution < 1.29 is 19.0 Å². The van der Waals surface area contributed by atoms with E-state index in [1.54, 1.807) is 19.1 Å². The number of halogens is 1. The van der Waals surface area contributed by atoms with Crippen LogP contribution >= 0.6 is 0 Å². The number of nitrogens with two attached hydrogens (primary N) is 1. The fraction of sp³-hybridized carbons (Fsp3) is 0.364. The molecule has 1 atom stereocenters. The summed E-state index contributed by atoms with van der Waals surface area (Å²) in [5, 5.41) is 8.68. The number of methoxy groups -OCH3 is 1. The highest BCUT2D eigenvalue weighted by Gasteiger charge is 2.19. The summed E-state index contributed by atoms with van der Waals surface area (Å²) in [7, 11) is 1.40. The molecule has 0 aliphatic carbocycles. The van der Waals surface area contributed by atoms with E-state index in [1.165, 1.54) is 7.11 Å². The summed E-state index contributed by atoms with van der Waals surface area (Å²) in [6.45, 7) is 1.60. The molecule has 0 aliphatic rings. The molecule has 0 aliphatic heterocycles. The average molecular weight is 227 g/mol. The zero-order chi connectivity index (χ0) is 12.3. The van der Waals surface area contributed by atoms with E-state index >= 15 is 0 Å². The fourth-order valence-corrected chi connectivity index (χ4v) is 1.41. The molecule has 1 rings (SSSR count). The van der Waals surface area contributed by atoms with Crippen molar-refractivity contribution >= 4 is 5.97 Å². The SMILES string of the molecule is COc1ccc(C)c(F)c1CC(N)C(=O)O. The summed E-state index contributed by atoms with van der Waals surface area (Å²) in [6, 6.07) is 2.04. The Morgan fingerprint density at radius 1 is 1.62 bits per heavy atom. The monoisotopic (exact) mass is 227 g/mol. The number of carbonyl (C=O) groups is 1. The van der Waals surface area contributed by atoms with E-state index in [0.717, 1.165) is 0 Å². The molecule has 0 aromatic heterocycles. The minimum atomic E-state index is -1.16. The Morgan fingerprint density at radius 3 is 2.75 bits per heavy atom. The number of aryl methyl sites for hydroxylation is 1. The van der Waals surface area contributed by atoms with Gasteiger partial charge >= 0.3 is 5.97 Å². The summed E-state index contributed by atoms with van der Waals surface area (Å²) >= 11 is 0. The van der Waals surface area contributed by atoms with E-state index in [4.69, 9.17) is 15.6 Å². The number of hydrogen-bond acceptors (Lipinski definition) is 3. The number of carboxylic acid groups (broad SMARTS) is 1. The number of benzene rings is 1. The van der Waals surface area contributed by atoms with Gasteiger partial charge in [0.1, 0.15) is 17.6 Å². The molecule has 0 radical (unpaired) electrons. The predicted molar refractivity (Wildman–Crippen MR) is 57.0 cm³/mol. The van der Waals surface area contributed by atoms with Crippen molar-refractivity contribution in [3.05, 3.63) is 29.1 Å². The van der Waals surface area contributed by atoms with Crippen LogP contribution in [0, 0.1) is 12.7 Å². The highest BCUT2D eigenvalue weighted by Crippen LogP contribution is 2.25. The Labute approximate surface area is 92.8 Å². The maximum Gasteiger partial charge on any atom is 0.320 e. The van der Waals surface area contributed by atoms with Gasteiger partial charge in [0.05, 0.1) is 7.11 Å². The Hall–Kier alpha value is -1.62. The van der Waals surface area contributed by atoms with Crippen molar-refractivity contribution in [2.24, 2.45) is 5.73 Å². The second kappa shape index (κ2) is 4.94. The molecule has 5 heteroatoms. The van der Waals surface area contributed by atoms with Crippen LogP contribution in [0.15, 0.2) is 12.1 Å².